The van der Waals surface area contributed by atoms with Gasteiger partial charge in [0.2, 0.25) is 0 Å². The molecule has 100 valence electrons. The molecule has 1 aliphatic heterocycles. The smallest absolute Gasteiger partial charge is 0.303 e. The van der Waals surface area contributed by atoms with E-state index in [-0.39, 0.29) is 12.2 Å². The average molecular weight is 248 g/mol. The lowest BCUT2D eigenvalue weighted by atomic mass is 9.99. The minimum atomic E-state index is -0.648. The fourth-order valence-corrected chi connectivity index (χ4v) is 2.07. The van der Waals surface area contributed by atoms with Gasteiger partial charge in [0.05, 0.1) is 6.10 Å². The van der Waals surface area contributed by atoms with Gasteiger partial charge < -0.3 is 23.7 Å². The summed E-state index contributed by atoms with van der Waals surface area (Å²) in [6.45, 7) is 3.19. The number of esters is 1. The summed E-state index contributed by atoms with van der Waals surface area (Å²) in [5.74, 6) is -0.410. The van der Waals surface area contributed by atoms with Crippen LogP contribution in [0.1, 0.15) is 13.8 Å². The molecular weight excluding hydrogens is 228 g/mol. The van der Waals surface area contributed by atoms with Crippen LogP contribution in [0.5, 0.6) is 0 Å². The first-order valence-electron chi connectivity index (χ1n) is 5.46. The van der Waals surface area contributed by atoms with Gasteiger partial charge in [-0.25, -0.2) is 0 Å². The molecule has 6 heteroatoms. The summed E-state index contributed by atoms with van der Waals surface area (Å²) in [6, 6.07) is 0. The number of methoxy groups -OCH3 is 3. The third kappa shape index (κ3) is 3.16. The molecule has 5 unspecified atom stereocenters. The first-order chi connectivity index (χ1) is 8.04. The number of rotatable bonds is 4. The Labute approximate surface area is 101 Å². The van der Waals surface area contributed by atoms with Crippen LogP contribution in [0.25, 0.3) is 0 Å². The van der Waals surface area contributed by atoms with Crippen molar-refractivity contribution in [3.8, 4) is 0 Å². The highest BCUT2D eigenvalue weighted by Gasteiger charge is 2.47. The second-order valence-electron chi connectivity index (χ2n) is 3.92. The maximum atomic E-state index is 11.1. The SMILES string of the molecule is COC1OC(C)C(OC)C(OC)C1OC(C)=O. The van der Waals surface area contributed by atoms with Crippen LogP contribution in [0.15, 0.2) is 0 Å². The highest BCUT2D eigenvalue weighted by molar-refractivity contribution is 5.66. The molecule has 5 atom stereocenters. The van der Waals surface area contributed by atoms with Crippen LogP contribution in [0.3, 0.4) is 0 Å². The zero-order valence-corrected chi connectivity index (χ0v) is 10.8. The Morgan fingerprint density at radius 3 is 2.00 bits per heavy atom. The molecule has 0 N–H and O–H groups in total. The first kappa shape index (κ1) is 14.4. The van der Waals surface area contributed by atoms with E-state index in [4.69, 9.17) is 23.7 Å². The van der Waals surface area contributed by atoms with E-state index < -0.39 is 24.5 Å². The van der Waals surface area contributed by atoms with Gasteiger partial charge in [-0.05, 0) is 6.92 Å². The summed E-state index contributed by atoms with van der Waals surface area (Å²) in [7, 11) is 4.60. The molecular formula is C11H20O6. The van der Waals surface area contributed by atoms with Crippen molar-refractivity contribution in [3.05, 3.63) is 0 Å². The van der Waals surface area contributed by atoms with Gasteiger partial charge >= 0.3 is 5.97 Å². The molecule has 0 radical (unpaired) electrons. The summed E-state index contributed by atoms with van der Waals surface area (Å²) >= 11 is 0. The zero-order chi connectivity index (χ0) is 13.0. The van der Waals surface area contributed by atoms with Gasteiger partial charge in [-0.3, -0.25) is 4.79 Å². The predicted molar refractivity (Wildman–Crippen MR) is 58.5 cm³/mol. The Hall–Kier alpha value is -0.690. The summed E-state index contributed by atoms with van der Waals surface area (Å²) < 4.78 is 26.6. The van der Waals surface area contributed by atoms with E-state index in [0.29, 0.717) is 0 Å². The highest BCUT2D eigenvalue weighted by Crippen LogP contribution is 2.27. The molecule has 0 aromatic heterocycles. The third-order valence-corrected chi connectivity index (χ3v) is 2.81. The maximum absolute atomic E-state index is 11.1. The molecule has 1 saturated heterocycles. The van der Waals surface area contributed by atoms with Crippen LogP contribution < -0.4 is 0 Å². The van der Waals surface area contributed by atoms with Gasteiger partial charge in [0.15, 0.2) is 12.4 Å². The minimum absolute atomic E-state index is 0.207. The Morgan fingerprint density at radius 2 is 1.59 bits per heavy atom. The lowest BCUT2D eigenvalue weighted by Crippen LogP contribution is -2.59. The van der Waals surface area contributed by atoms with E-state index in [1.807, 2.05) is 6.92 Å². The number of hydrogen-bond acceptors (Lipinski definition) is 6. The van der Waals surface area contributed by atoms with Crippen molar-refractivity contribution < 1.29 is 28.5 Å². The van der Waals surface area contributed by atoms with E-state index in [9.17, 15) is 4.79 Å². The van der Waals surface area contributed by atoms with Crippen LogP contribution in [0.2, 0.25) is 0 Å². The monoisotopic (exact) mass is 248 g/mol. The Balaban J connectivity index is 2.88. The van der Waals surface area contributed by atoms with E-state index in [1.54, 1.807) is 7.11 Å². The van der Waals surface area contributed by atoms with Crippen molar-refractivity contribution in [3.63, 3.8) is 0 Å². The lowest BCUT2D eigenvalue weighted by molar-refractivity contribution is -0.297. The molecule has 1 rings (SSSR count). The molecule has 0 aromatic carbocycles. The van der Waals surface area contributed by atoms with E-state index in [2.05, 4.69) is 0 Å². The fourth-order valence-electron chi connectivity index (χ4n) is 2.07. The van der Waals surface area contributed by atoms with Crippen molar-refractivity contribution in [2.24, 2.45) is 0 Å². The van der Waals surface area contributed by atoms with Crippen LogP contribution in [-0.4, -0.2) is 58.0 Å². The number of hydrogen-bond donors (Lipinski definition) is 0. The van der Waals surface area contributed by atoms with Gasteiger partial charge in [-0.15, -0.1) is 0 Å². The lowest BCUT2D eigenvalue weighted by Gasteiger charge is -2.43. The van der Waals surface area contributed by atoms with E-state index in [1.165, 1.54) is 21.1 Å². The van der Waals surface area contributed by atoms with Crippen LogP contribution in [-0.2, 0) is 28.5 Å². The summed E-state index contributed by atoms with van der Waals surface area (Å²) in [4.78, 5) is 11.1. The summed E-state index contributed by atoms with van der Waals surface area (Å²) in [5, 5.41) is 0. The highest BCUT2D eigenvalue weighted by atomic mass is 16.7. The molecule has 0 aromatic rings. The van der Waals surface area contributed by atoms with Gasteiger partial charge in [-0.2, -0.15) is 0 Å². The van der Waals surface area contributed by atoms with Crippen molar-refractivity contribution in [1.82, 2.24) is 0 Å². The molecule has 0 spiro atoms. The Morgan fingerprint density at radius 1 is 1.00 bits per heavy atom. The van der Waals surface area contributed by atoms with Crippen LogP contribution >= 0.6 is 0 Å². The molecule has 0 bridgehead atoms. The molecule has 1 heterocycles. The standard InChI is InChI=1S/C11H20O6/c1-6-8(13-3)9(14-4)10(17-7(2)12)11(15-5)16-6/h6,8-11H,1-5H3. The number of carbonyl (C=O) groups excluding carboxylic acids is 1. The van der Waals surface area contributed by atoms with E-state index in [0.717, 1.165) is 0 Å². The Bertz CT molecular complexity index is 256. The van der Waals surface area contributed by atoms with Crippen LogP contribution in [0, 0.1) is 0 Å². The zero-order valence-electron chi connectivity index (χ0n) is 10.8. The summed E-state index contributed by atoms with van der Waals surface area (Å²) in [6.07, 6.45) is -2.22. The molecule has 0 amide bonds. The Kier molecular flexibility index (Phi) is 5.32. The third-order valence-electron chi connectivity index (χ3n) is 2.81. The topological polar surface area (TPSA) is 63.2 Å². The second kappa shape index (κ2) is 6.30. The molecule has 0 saturated carbocycles. The van der Waals surface area contributed by atoms with Crippen LogP contribution in [0.4, 0.5) is 0 Å². The van der Waals surface area contributed by atoms with Gasteiger partial charge in [0.25, 0.3) is 0 Å². The molecule has 0 aliphatic carbocycles. The summed E-state index contributed by atoms with van der Waals surface area (Å²) in [5.41, 5.74) is 0. The van der Waals surface area contributed by atoms with E-state index >= 15 is 0 Å². The van der Waals surface area contributed by atoms with Gasteiger partial charge in [0.1, 0.15) is 12.2 Å². The number of ether oxygens (including phenoxy) is 5. The maximum Gasteiger partial charge on any atom is 0.303 e. The van der Waals surface area contributed by atoms with Gasteiger partial charge in [-0.1, -0.05) is 0 Å². The first-order valence-corrected chi connectivity index (χ1v) is 5.46. The molecule has 1 fully saturated rings. The normalized spacial score (nSPS) is 37.8. The largest absolute Gasteiger partial charge is 0.454 e. The second-order valence-corrected chi connectivity index (χ2v) is 3.92. The molecule has 6 nitrogen and oxygen atoms in total. The minimum Gasteiger partial charge on any atom is -0.454 e. The van der Waals surface area contributed by atoms with Crippen molar-refractivity contribution in [1.29, 1.82) is 0 Å². The van der Waals surface area contributed by atoms with Crippen molar-refractivity contribution >= 4 is 5.97 Å². The van der Waals surface area contributed by atoms with Crippen molar-refractivity contribution in [2.75, 3.05) is 21.3 Å². The quantitative estimate of drug-likeness (QED) is 0.668. The average Bonchev–Trinajstić information content (AvgIpc) is 2.29. The predicted octanol–water partition coefficient (Wildman–Crippen LogP) is 0.339. The molecule has 1 aliphatic rings. The molecule has 17 heavy (non-hydrogen) atoms. The number of carbonyl (C=O) groups is 1. The fraction of sp³-hybridized carbons (Fsp3) is 0.909. The van der Waals surface area contributed by atoms with Gasteiger partial charge in [0, 0.05) is 28.3 Å². The van der Waals surface area contributed by atoms with Crippen molar-refractivity contribution in [2.45, 2.75) is 44.6 Å².